The molecule has 29 heavy (non-hydrogen) atoms. The zero-order chi connectivity index (χ0) is 20.4. The lowest BCUT2D eigenvalue weighted by molar-refractivity contribution is -0.121. The Kier molecular flexibility index (Phi) is 5.09. The highest BCUT2D eigenvalue weighted by Crippen LogP contribution is 2.23. The first-order chi connectivity index (χ1) is 14.0. The normalized spacial score (nSPS) is 13.8. The van der Waals surface area contributed by atoms with E-state index in [-0.39, 0.29) is 42.7 Å². The summed E-state index contributed by atoms with van der Waals surface area (Å²) >= 11 is 5.94. The van der Waals surface area contributed by atoms with E-state index in [4.69, 9.17) is 20.9 Å². The Morgan fingerprint density at radius 2 is 1.83 bits per heavy atom. The van der Waals surface area contributed by atoms with Crippen molar-refractivity contribution >= 4 is 35.1 Å². The smallest absolute Gasteiger partial charge is 0.338 e. The maximum atomic E-state index is 12.2. The molecular weight excluding hydrogens is 398 g/mol. The number of esters is 1. The van der Waals surface area contributed by atoms with Crippen molar-refractivity contribution in [1.82, 2.24) is 10.1 Å². The van der Waals surface area contributed by atoms with E-state index in [1.165, 1.54) is 24.3 Å². The molecule has 1 saturated heterocycles. The van der Waals surface area contributed by atoms with Gasteiger partial charge in [0, 0.05) is 23.4 Å². The molecule has 0 bridgehead atoms. The van der Waals surface area contributed by atoms with E-state index in [2.05, 4.69) is 10.1 Å². The van der Waals surface area contributed by atoms with Crippen LogP contribution in [0.2, 0.25) is 5.02 Å². The summed E-state index contributed by atoms with van der Waals surface area (Å²) in [5.41, 5.74) is 1.37. The van der Waals surface area contributed by atoms with Crippen LogP contribution in [0, 0.1) is 0 Å². The summed E-state index contributed by atoms with van der Waals surface area (Å²) in [5, 5.41) is 4.39. The minimum atomic E-state index is -0.599. The number of ether oxygens (including phenoxy) is 1. The van der Waals surface area contributed by atoms with Crippen LogP contribution in [0.3, 0.4) is 0 Å². The number of imide groups is 1. The Morgan fingerprint density at radius 1 is 1.10 bits per heavy atom. The topological polar surface area (TPSA) is 103 Å². The summed E-state index contributed by atoms with van der Waals surface area (Å²) in [4.78, 5) is 41.1. The highest BCUT2D eigenvalue weighted by molar-refractivity contribution is 6.30. The van der Waals surface area contributed by atoms with Gasteiger partial charge >= 0.3 is 5.97 Å². The van der Waals surface area contributed by atoms with Crippen LogP contribution in [-0.4, -0.2) is 27.9 Å². The van der Waals surface area contributed by atoms with Crippen molar-refractivity contribution in [1.29, 1.82) is 0 Å². The fourth-order valence-electron chi connectivity index (χ4n) is 2.88. The van der Waals surface area contributed by atoms with Gasteiger partial charge in [0.05, 0.1) is 11.3 Å². The average Bonchev–Trinajstić information content (AvgIpc) is 3.33. The van der Waals surface area contributed by atoms with E-state index in [0.717, 1.165) is 4.90 Å². The Hall–Kier alpha value is -3.52. The van der Waals surface area contributed by atoms with Crippen LogP contribution in [0.1, 0.15) is 29.1 Å². The average molecular weight is 412 g/mol. The lowest BCUT2D eigenvalue weighted by Gasteiger charge is -2.13. The van der Waals surface area contributed by atoms with Crippen LogP contribution in [0.5, 0.6) is 0 Å². The summed E-state index contributed by atoms with van der Waals surface area (Å²) in [6.45, 7) is -0.197. The maximum Gasteiger partial charge on any atom is 0.338 e. The monoisotopic (exact) mass is 411 g/mol. The summed E-state index contributed by atoms with van der Waals surface area (Å²) in [6.07, 6.45) is 0.397. The quantitative estimate of drug-likeness (QED) is 0.468. The second kappa shape index (κ2) is 7.84. The first-order valence-corrected chi connectivity index (χ1v) is 9.10. The standard InChI is InChI=1S/C20H14ClN3O5/c21-14-3-1-2-13(10-14)19-22-16(29-23-19)11-28-20(27)12-4-6-15(7-5-12)24-17(25)8-9-18(24)26/h1-7,10H,8-9,11H2. The molecule has 1 aromatic heterocycles. The van der Waals surface area contributed by atoms with Crippen molar-refractivity contribution in [3.8, 4) is 11.4 Å². The number of amides is 2. The van der Waals surface area contributed by atoms with Gasteiger partial charge in [-0.25, -0.2) is 4.79 Å². The zero-order valence-corrected chi connectivity index (χ0v) is 15.8. The molecular formula is C20H14ClN3O5. The van der Waals surface area contributed by atoms with Crippen molar-refractivity contribution < 1.29 is 23.6 Å². The first-order valence-electron chi connectivity index (χ1n) is 8.73. The molecule has 0 unspecified atom stereocenters. The van der Waals surface area contributed by atoms with Gasteiger partial charge in [-0.2, -0.15) is 4.98 Å². The molecule has 0 N–H and O–H groups in total. The molecule has 9 heteroatoms. The van der Waals surface area contributed by atoms with E-state index >= 15 is 0 Å². The number of carbonyl (C=O) groups excluding carboxylic acids is 3. The van der Waals surface area contributed by atoms with E-state index in [1.54, 1.807) is 24.3 Å². The maximum absolute atomic E-state index is 12.2. The van der Waals surface area contributed by atoms with Gasteiger partial charge in [-0.1, -0.05) is 28.9 Å². The number of anilines is 1. The molecule has 2 heterocycles. The molecule has 8 nitrogen and oxygen atoms in total. The van der Waals surface area contributed by atoms with E-state index in [0.29, 0.717) is 22.1 Å². The zero-order valence-electron chi connectivity index (χ0n) is 15.0. The Balaban J connectivity index is 1.39. The van der Waals surface area contributed by atoms with Crippen molar-refractivity contribution in [2.45, 2.75) is 19.4 Å². The minimum absolute atomic E-state index is 0.137. The Morgan fingerprint density at radius 3 is 2.52 bits per heavy atom. The number of aromatic nitrogens is 2. The fraction of sp³-hybridized carbons (Fsp3) is 0.150. The predicted octanol–water partition coefficient (Wildman–Crippen LogP) is 3.40. The highest BCUT2D eigenvalue weighted by Gasteiger charge is 2.30. The van der Waals surface area contributed by atoms with E-state index < -0.39 is 5.97 Å². The van der Waals surface area contributed by atoms with Crippen LogP contribution in [-0.2, 0) is 20.9 Å². The second-order valence-electron chi connectivity index (χ2n) is 6.27. The largest absolute Gasteiger partial charge is 0.452 e. The number of carbonyl (C=O) groups is 3. The molecule has 0 radical (unpaired) electrons. The number of rotatable bonds is 5. The van der Waals surface area contributed by atoms with Gasteiger partial charge in [0.15, 0.2) is 6.61 Å². The van der Waals surface area contributed by atoms with Crippen molar-refractivity contribution in [3.05, 3.63) is 65.0 Å². The molecule has 4 rings (SSSR count). The van der Waals surface area contributed by atoms with Gasteiger partial charge in [-0.3, -0.25) is 14.5 Å². The molecule has 146 valence electrons. The van der Waals surface area contributed by atoms with Crippen LogP contribution in [0.25, 0.3) is 11.4 Å². The molecule has 2 amide bonds. The lowest BCUT2D eigenvalue weighted by atomic mass is 10.2. The van der Waals surface area contributed by atoms with Crippen LogP contribution >= 0.6 is 11.6 Å². The third kappa shape index (κ3) is 4.02. The number of halogens is 1. The van der Waals surface area contributed by atoms with Gasteiger partial charge < -0.3 is 9.26 Å². The highest BCUT2D eigenvalue weighted by atomic mass is 35.5. The number of hydrogen-bond donors (Lipinski definition) is 0. The molecule has 1 fully saturated rings. The molecule has 1 aliphatic heterocycles. The summed E-state index contributed by atoms with van der Waals surface area (Å²) in [7, 11) is 0. The van der Waals surface area contributed by atoms with Gasteiger partial charge in [0.1, 0.15) is 0 Å². The summed E-state index contributed by atoms with van der Waals surface area (Å²) in [5.74, 6) is -0.631. The van der Waals surface area contributed by atoms with E-state index in [1.807, 2.05) is 0 Å². The van der Waals surface area contributed by atoms with Crippen LogP contribution in [0.4, 0.5) is 5.69 Å². The third-order valence-corrected chi connectivity index (χ3v) is 4.53. The van der Waals surface area contributed by atoms with Crippen molar-refractivity contribution in [3.63, 3.8) is 0 Å². The molecule has 3 aromatic rings. The Labute approximate surface area is 170 Å². The summed E-state index contributed by atoms with van der Waals surface area (Å²) in [6, 6.07) is 13.0. The molecule has 0 atom stereocenters. The summed E-state index contributed by atoms with van der Waals surface area (Å²) < 4.78 is 10.3. The van der Waals surface area contributed by atoms with Crippen LogP contribution in [0.15, 0.2) is 53.1 Å². The van der Waals surface area contributed by atoms with Crippen molar-refractivity contribution in [2.75, 3.05) is 4.90 Å². The lowest BCUT2D eigenvalue weighted by Crippen LogP contribution is -2.28. The second-order valence-corrected chi connectivity index (χ2v) is 6.70. The van der Waals surface area contributed by atoms with Gasteiger partial charge in [-0.05, 0) is 36.4 Å². The molecule has 0 spiro atoms. The van der Waals surface area contributed by atoms with Crippen molar-refractivity contribution in [2.24, 2.45) is 0 Å². The third-order valence-electron chi connectivity index (χ3n) is 4.29. The van der Waals surface area contributed by atoms with Crippen LogP contribution < -0.4 is 4.90 Å². The predicted molar refractivity (Wildman–Crippen MR) is 102 cm³/mol. The SMILES string of the molecule is O=C(OCc1nc(-c2cccc(Cl)c2)no1)c1ccc(N2C(=O)CCC2=O)cc1. The fourth-order valence-corrected chi connectivity index (χ4v) is 3.07. The number of nitrogens with zero attached hydrogens (tertiary/aromatic N) is 3. The molecule has 1 aliphatic rings. The van der Waals surface area contributed by atoms with Gasteiger partial charge in [0.2, 0.25) is 17.6 Å². The number of hydrogen-bond acceptors (Lipinski definition) is 7. The first kappa shape index (κ1) is 18.8. The van der Waals surface area contributed by atoms with E-state index in [9.17, 15) is 14.4 Å². The van der Waals surface area contributed by atoms with Gasteiger partial charge in [-0.15, -0.1) is 0 Å². The minimum Gasteiger partial charge on any atom is -0.452 e. The number of benzene rings is 2. The Bertz CT molecular complexity index is 1080. The molecule has 2 aromatic carbocycles. The molecule has 0 aliphatic carbocycles. The molecule has 0 saturated carbocycles. The van der Waals surface area contributed by atoms with Gasteiger partial charge in [0.25, 0.3) is 5.89 Å².